The third-order valence-electron chi connectivity index (χ3n) is 4.67. The lowest BCUT2D eigenvalue weighted by molar-refractivity contribution is -0.170. The molecule has 1 aromatic heterocycles. The van der Waals surface area contributed by atoms with Crippen LogP contribution in [0.15, 0.2) is 12.4 Å². The van der Waals surface area contributed by atoms with E-state index < -0.39 is 42.3 Å². The summed E-state index contributed by atoms with van der Waals surface area (Å²) < 4.78 is 0. The van der Waals surface area contributed by atoms with Crippen LogP contribution in [0.4, 0.5) is 0 Å². The van der Waals surface area contributed by atoms with E-state index in [1.807, 2.05) is 12.4 Å². The maximum Gasteiger partial charge on any atom is 0.336 e. The lowest BCUT2D eigenvalue weighted by atomic mass is 9.96. The van der Waals surface area contributed by atoms with Crippen LogP contribution in [0.5, 0.6) is 0 Å². The minimum atomic E-state index is -2.74. The van der Waals surface area contributed by atoms with Crippen molar-refractivity contribution in [2.24, 2.45) is 0 Å². The van der Waals surface area contributed by atoms with Crippen molar-refractivity contribution in [3.05, 3.63) is 29.1 Å². The van der Waals surface area contributed by atoms with Crippen LogP contribution in [-0.2, 0) is 19.2 Å². The highest BCUT2D eigenvalue weighted by atomic mass is 16.4. The molecule has 2 heterocycles. The molecule has 1 aromatic rings. The Morgan fingerprint density at radius 2 is 1.55 bits per heavy atom. The Kier molecular flexibility index (Phi) is 11.4. The molecule has 1 aliphatic rings. The first-order chi connectivity index (χ1) is 14.2. The molecule has 2 rings (SSSR count). The van der Waals surface area contributed by atoms with Gasteiger partial charge in [0.15, 0.2) is 5.60 Å². The highest BCUT2D eigenvalue weighted by Gasteiger charge is 2.40. The second-order valence-corrected chi connectivity index (χ2v) is 7.31. The number of carboxylic acids is 4. The van der Waals surface area contributed by atoms with Crippen LogP contribution in [0, 0.1) is 13.8 Å². The smallest absolute Gasteiger partial charge is 0.336 e. The van der Waals surface area contributed by atoms with Crippen LogP contribution < -0.4 is 0 Å². The van der Waals surface area contributed by atoms with Crippen molar-refractivity contribution in [2.75, 3.05) is 13.6 Å². The summed E-state index contributed by atoms with van der Waals surface area (Å²) in [5.74, 6) is -5.85. The molecule has 0 aliphatic carbocycles. The van der Waals surface area contributed by atoms with Crippen LogP contribution in [0.3, 0.4) is 0 Å². The molecular weight excluding hydrogens is 412 g/mol. The fourth-order valence-corrected chi connectivity index (χ4v) is 3.00. The van der Waals surface area contributed by atoms with Crippen LogP contribution in [0.25, 0.3) is 0 Å². The number of rotatable bonds is 6. The molecule has 0 unspecified atom stereocenters. The fourth-order valence-electron chi connectivity index (χ4n) is 3.00. The first-order valence-corrected chi connectivity index (χ1v) is 9.41. The van der Waals surface area contributed by atoms with Gasteiger partial charge in [0.25, 0.3) is 5.97 Å². The van der Waals surface area contributed by atoms with E-state index in [4.69, 9.17) is 30.3 Å². The lowest BCUT2D eigenvalue weighted by Crippen LogP contribution is -2.42. The molecule has 1 saturated heterocycles. The van der Waals surface area contributed by atoms with Gasteiger partial charge in [0.05, 0.1) is 12.8 Å². The van der Waals surface area contributed by atoms with Crippen molar-refractivity contribution in [1.82, 2.24) is 9.88 Å². The number of carboxylic acid groups (broad SMARTS) is 4. The topological polar surface area (TPSA) is 186 Å². The Morgan fingerprint density at radius 3 is 1.90 bits per heavy atom. The van der Waals surface area contributed by atoms with E-state index in [9.17, 15) is 14.4 Å². The fraction of sp³-hybridized carbons (Fsp3) is 0.550. The van der Waals surface area contributed by atoms with E-state index >= 15 is 0 Å². The lowest BCUT2D eigenvalue weighted by Gasteiger charge is -2.21. The van der Waals surface area contributed by atoms with Crippen LogP contribution >= 0.6 is 0 Å². The first kappa shape index (κ1) is 27.9. The molecule has 0 bridgehead atoms. The van der Waals surface area contributed by atoms with Crippen molar-refractivity contribution in [3.8, 4) is 0 Å². The molecule has 0 radical (unpaired) electrons. The van der Waals surface area contributed by atoms with Gasteiger partial charge < -0.3 is 25.5 Å². The van der Waals surface area contributed by atoms with E-state index in [1.54, 1.807) is 0 Å². The molecule has 5 N–H and O–H groups in total. The largest absolute Gasteiger partial charge is 0.481 e. The number of aromatic nitrogens is 1. The standard InChI is InChI=1S/C12H18N2.C6H8O7.C2H4O2/c1-9-7-13-8-11(10(9)2)12-5-4-6-14(12)3;7-3(8)1-6(13,5(11)12)2-4(9)10;1-2(3)4/h7-8,12H,4-6H2,1-3H3;13H,1-2H2,(H,7,8)(H,9,10)(H,11,12);1H3,(H,3,4)/t12-;;/m0../s1. The molecule has 174 valence electrons. The molecular formula is C20H30N2O9. The van der Waals surface area contributed by atoms with Gasteiger partial charge in [-0.1, -0.05) is 0 Å². The quantitative estimate of drug-likeness (QED) is 0.427. The van der Waals surface area contributed by atoms with Crippen molar-refractivity contribution in [2.45, 2.75) is 58.1 Å². The van der Waals surface area contributed by atoms with Gasteiger partial charge in [0, 0.05) is 25.4 Å². The minimum Gasteiger partial charge on any atom is -0.481 e. The zero-order valence-electron chi connectivity index (χ0n) is 18.0. The number of aliphatic hydroxyl groups is 1. The average molecular weight is 442 g/mol. The Hall–Kier alpha value is -3.05. The number of aliphatic carboxylic acids is 4. The molecule has 1 aliphatic heterocycles. The maximum absolute atomic E-state index is 10.3. The Bertz CT molecular complexity index is 775. The van der Waals surface area contributed by atoms with Gasteiger partial charge >= 0.3 is 17.9 Å². The molecule has 1 fully saturated rings. The number of likely N-dealkylation sites (tertiary alicyclic amines) is 1. The Balaban J connectivity index is 0.000000498. The van der Waals surface area contributed by atoms with Gasteiger partial charge in [-0.3, -0.25) is 24.3 Å². The number of aryl methyl sites for hydroxylation is 1. The second-order valence-electron chi connectivity index (χ2n) is 7.31. The summed E-state index contributed by atoms with van der Waals surface area (Å²) in [4.78, 5) is 46.2. The number of pyridine rings is 1. The van der Waals surface area contributed by atoms with Gasteiger partial charge in [-0.15, -0.1) is 0 Å². The van der Waals surface area contributed by atoms with Crippen LogP contribution in [0.1, 0.15) is 55.3 Å². The summed E-state index contributed by atoms with van der Waals surface area (Å²) in [6.07, 6.45) is 4.29. The highest BCUT2D eigenvalue weighted by Crippen LogP contribution is 2.32. The molecule has 11 nitrogen and oxygen atoms in total. The number of hydrogen-bond donors (Lipinski definition) is 5. The van der Waals surface area contributed by atoms with Gasteiger partial charge in [-0.05, 0) is 57.0 Å². The van der Waals surface area contributed by atoms with Crippen LogP contribution in [0.2, 0.25) is 0 Å². The van der Waals surface area contributed by atoms with Crippen molar-refractivity contribution in [3.63, 3.8) is 0 Å². The summed E-state index contributed by atoms with van der Waals surface area (Å²) >= 11 is 0. The number of hydrogen-bond acceptors (Lipinski definition) is 7. The van der Waals surface area contributed by atoms with Gasteiger partial charge in [-0.25, -0.2) is 4.79 Å². The number of carbonyl (C=O) groups is 4. The van der Waals surface area contributed by atoms with Gasteiger partial charge in [0.2, 0.25) is 0 Å². The molecule has 1 atom stereocenters. The zero-order valence-corrected chi connectivity index (χ0v) is 18.0. The summed E-state index contributed by atoms with van der Waals surface area (Å²) in [6, 6.07) is 0.599. The molecule has 31 heavy (non-hydrogen) atoms. The van der Waals surface area contributed by atoms with Gasteiger partial charge in [-0.2, -0.15) is 0 Å². The molecule has 0 amide bonds. The maximum atomic E-state index is 10.3. The Morgan fingerprint density at radius 1 is 1.06 bits per heavy atom. The second kappa shape index (κ2) is 12.6. The summed E-state index contributed by atoms with van der Waals surface area (Å²) in [7, 11) is 2.21. The molecule has 11 heteroatoms. The SMILES string of the molecule is CC(=O)O.Cc1cncc([C@@H]2CCCN2C)c1C.O=C(O)CC(O)(CC(=O)O)C(=O)O. The normalized spacial score (nSPS) is 15.7. The first-order valence-electron chi connectivity index (χ1n) is 9.41. The minimum absolute atomic E-state index is 0.599. The molecule has 0 aromatic carbocycles. The Labute approximate surface area is 180 Å². The zero-order chi connectivity index (χ0) is 24.4. The summed E-state index contributed by atoms with van der Waals surface area (Å²) in [5.41, 5.74) is 1.41. The third kappa shape index (κ3) is 10.0. The van der Waals surface area contributed by atoms with Crippen molar-refractivity contribution in [1.29, 1.82) is 0 Å². The monoisotopic (exact) mass is 442 g/mol. The van der Waals surface area contributed by atoms with E-state index in [0.717, 1.165) is 6.92 Å². The predicted molar refractivity (Wildman–Crippen MR) is 109 cm³/mol. The summed E-state index contributed by atoms with van der Waals surface area (Å²) in [5, 5.41) is 41.2. The summed E-state index contributed by atoms with van der Waals surface area (Å²) in [6.45, 7) is 6.65. The van der Waals surface area contributed by atoms with Gasteiger partial charge in [0.1, 0.15) is 0 Å². The van der Waals surface area contributed by atoms with E-state index in [-0.39, 0.29) is 0 Å². The highest BCUT2D eigenvalue weighted by molar-refractivity contribution is 5.88. The number of nitrogens with zero attached hydrogens (tertiary/aromatic N) is 2. The average Bonchev–Trinajstić information content (AvgIpc) is 3.01. The predicted octanol–water partition coefficient (Wildman–Crippen LogP) is 1.31. The van der Waals surface area contributed by atoms with Crippen molar-refractivity contribution >= 4 is 23.9 Å². The molecule has 0 saturated carbocycles. The van der Waals surface area contributed by atoms with E-state index in [0.29, 0.717) is 6.04 Å². The third-order valence-corrected chi connectivity index (χ3v) is 4.67. The van der Waals surface area contributed by atoms with Crippen LogP contribution in [-0.4, -0.2) is 78.5 Å². The molecule has 0 spiro atoms. The van der Waals surface area contributed by atoms with E-state index in [2.05, 4.69) is 30.8 Å². The van der Waals surface area contributed by atoms with E-state index in [1.165, 1.54) is 36.1 Å². The van der Waals surface area contributed by atoms with Crippen molar-refractivity contribution < 1.29 is 44.7 Å².